The van der Waals surface area contributed by atoms with E-state index in [1.165, 1.54) is 28.1 Å². The molecule has 0 spiro atoms. The maximum Gasteiger partial charge on any atom is 0.263 e. The number of aromatic amines is 1. The molecule has 21 heavy (non-hydrogen) atoms. The summed E-state index contributed by atoms with van der Waals surface area (Å²) in [5.41, 5.74) is 3.80. The number of carbonyl (C=O) groups is 1. The highest BCUT2D eigenvalue weighted by molar-refractivity contribution is 7.14. The molecule has 2 aromatic rings. The van der Waals surface area contributed by atoms with E-state index in [1.807, 2.05) is 11.1 Å². The Morgan fingerprint density at radius 2 is 2.38 bits per heavy atom. The number of hydrogen-bond donors (Lipinski definition) is 1. The summed E-state index contributed by atoms with van der Waals surface area (Å²) < 4.78 is 0. The van der Waals surface area contributed by atoms with Crippen molar-refractivity contribution in [2.75, 3.05) is 13.1 Å². The lowest BCUT2D eigenvalue weighted by atomic mass is 10.0. The number of nitrogens with zero attached hydrogens (tertiary/aromatic N) is 2. The van der Waals surface area contributed by atoms with Gasteiger partial charge >= 0.3 is 0 Å². The van der Waals surface area contributed by atoms with Gasteiger partial charge in [-0.25, -0.2) is 0 Å². The van der Waals surface area contributed by atoms with E-state index in [-0.39, 0.29) is 5.91 Å². The molecule has 1 aliphatic carbocycles. The molecule has 0 unspecified atom stereocenters. The predicted molar refractivity (Wildman–Crippen MR) is 82.9 cm³/mol. The maximum absolute atomic E-state index is 12.7. The number of H-pyrrole nitrogens is 1. The van der Waals surface area contributed by atoms with Gasteiger partial charge in [-0.2, -0.15) is 5.10 Å². The highest BCUT2D eigenvalue weighted by Crippen LogP contribution is 2.33. The third-order valence-electron chi connectivity index (χ3n) is 4.71. The minimum absolute atomic E-state index is 0.217. The first-order chi connectivity index (χ1) is 10.2. The van der Waals surface area contributed by atoms with Crippen molar-refractivity contribution >= 4 is 17.2 Å². The first-order valence-electron chi connectivity index (χ1n) is 7.63. The number of likely N-dealkylation sites (tertiary alicyclic amines) is 1. The van der Waals surface area contributed by atoms with Crippen LogP contribution in [0.1, 0.15) is 50.1 Å². The van der Waals surface area contributed by atoms with Crippen LogP contribution >= 0.6 is 11.3 Å². The standard InChI is InChI=1S/C16H19N3OS/c1-10-8-17-18-15(10)12-5-6-19(9-12)16(20)14-7-11-3-2-4-13(11)21-14/h7-8,12H,2-6,9H2,1H3,(H,17,18)/t12-/m1/s1. The van der Waals surface area contributed by atoms with Crippen LogP contribution in [0.15, 0.2) is 12.3 Å². The van der Waals surface area contributed by atoms with Crippen LogP contribution in [-0.4, -0.2) is 34.1 Å². The molecule has 110 valence electrons. The fraction of sp³-hybridized carbons (Fsp3) is 0.500. The van der Waals surface area contributed by atoms with Gasteiger partial charge in [0.2, 0.25) is 0 Å². The molecule has 0 radical (unpaired) electrons. The van der Waals surface area contributed by atoms with Gasteiger partial charge < -0.3 is 4.90 Å². The van der Waals surface area contributed by atoms with E-state index in [2.05, 4.69) is 23.2 Å². The summed E-state index contributed by atoms with van der Waals surface area (Å²) in [4.78, 5) is 17.0. The molecule has 5 heteroatoms. The molecule has 3 heterocycles. The van der Waals surface area contributed by atoms with E-state index in [4.69, 9.17) is 0 Å². The molecular weight excluding hydrogens is 282 g/mol. The first-order valence-corrected chi connectivity index (χ1v) is 8.45. The summed E-state index contributed by atoms with van der Waals surface area (Å²) in [5.74, 6) is 0.623. The molecule has 4 rings (SSSR count). The Kier molecular flexibility index (Phi) is 3.10. The van der Waals surface area contributed by atoms with Crippen molar-refractivity contribution < 1.29 is 4.79 Å². The van der Waals surface area contributed by atoms with Crippen LogP contribution in [0, 0.1) is 6.92 Å². The number of amides is 1. The molecule has 0 aromatic carbocycles. The van der Waals surface area contributed by atoms with Crippen molar-refractivity contribution in [2.24, 2.45) is 0 Å². The molecule has 2 aromatic heterocycles. The van der Waals surface area contributed by atoms with E-state index in [9.17, 15) is 4.79 Å². The summed E-state index contributed by atoms with van der Waals surface area (Å²) in [6.45, 7) is 3.74. The molecule has 1 amide bonds. The van der Waals surface area contributed by atoms with E-state index in [1.54, 1.807) is 11.3 Å². The Labute approximate surface area is 128 Å². The third-order valence-corrected chi connectivity index (χ3v) is 5.93. The number of carbonyl (C=O) groups excluding carboxylic acids is 1. The normalized spacial score (nSPS) is 21.0. The van der Waals surface area contributed by atoms with Crippen LogP contribution in [0.25, 0.3) is 0 Å². The van der Waals surface area contributed by atoms with Crippen LogP contribution < -0.4 is 0 Å². The largest absolute Gasteiger partial charge is 0.337 e. The van der Waals surface area contributed by atoms with Gasteiger partial charge in [0.05, 0.1) is 11.1 Å². The first kappa shape index (κ1) is 13.1. The van der Waals surface area contributed by atoms with Crippen molar-refractivity contribution in [3.8, 4) is 0 Å². The molecule has 4 nitrogen and oxygen atoms in total. The number of hydrogen-bond acceptors (Lipinski definition) is 3. The summed E-state index contributed by atoms with van der Waals surface area (Å²) in [5, 5.41) is 7.19. The van der Waals surface area contributed by atoms with E-state index in [0.717, 1.165) is 37.2 Å². The third kappa shape index (κ3) is 2.20. The van der Waals surface area contributed by atoms with Crippen LogP contribution in [0.3, 0.4) is 0 Å². The molecule has 0 saturated carbocycles. The Morgan fingerprint density at radius 3 is 3.14 bits per heavy atom. The molecule has 1 atom stereocenters. The monoisotopic (exact) mass is 301 g/mol. The molecule has 1 aliphatic heterocycles. The second kappa shape index (κ2) is 4.98. The highest BCUT2D eigenvalue weighted by atomic mass is 32.1. The highest BCUT2D eigenvalue weighted by Gasteiger charge is 2.31. The van der Waals surface area contributed by atoms with Crippen molar-refractivity contribution in [1.29, 1.82) is 0 Å². The Morgan fingerprint density at radius 1 is 1.48 bits per heavy atom. The topological polar surface area (TPSA) is 49.0 Å². The van der Waals surface area contributed by atoms with Gasteiger partial charge in [-0.05, 0) is 49.8 Å². The lowest BCUT2D eigenvalue weighted by Crippen LogP contribution is -2.27. The molecule has 1 fully saturated rings. The van der Waals surface area contributed by atoms with Crippen LogP contribution in [0.2, 0.25) is 0 Å². The lowest BCUT2D eigenvalue weighted by molar-refractivity contribution is 0.0795. The smallest absolute Gasteiger partial charge is 0.263 e. The SMILES string of the molecule is Cc1cn[nH]c1[C@@H]1CCN(C(=O)c2cc3c(s2)CCC3)C1. The van der Waals surface area contributed by atoms with Gasteiger partial charge in [0.25, 0.3) is 5.91 Å². The van der Waals surface area contributed by atoms with Crippen LogP contribution in [0.5, 0.6) is 0 Å². The van der Waals surface area contributed by atoms with Gasteiger partial charge in [0.15, 0.2) is 0 Å². The fourth-order valence-corrected chi connectivity index (χ4v) is 4.76. The van der Waals surface area contributed by atoms with Crippen molar-refractivity contribution in [2.45, 2.75) is 38.5 Å². The average Bonchev–Trinajstić information content (AvgIpc) is 3.20. The van der Waals surface area contributed by atoms with Crippen molar-refractivity contribution in [1.82, 2.24) is 15.1 Å². The Bertz CT molecular complexity index is 666. The van der Waals surface area contributed by atoms with Crippen LogP contribution in [0.4, 0.5) is 0 Å². The van der Waals surface area contributed by atoms with Gasteiger partial charge in [-0.1, -0.05) is 0 Å². The molecule has 2 aliphatic rings. The number of thiophene rings is 1. The van der Waals surface area contributed by atoms with E-state index < -0.39 is 0 Å². The van der Waals surface area contributed by atoms with Gasteiger partial charge in [-0.3, -0.25) is 9.89 Å². The zero-order valence-corrected chi connectivity index (χ0v) is 13.0. The maximum atomic E-state index is 12.7. The van der Waals surface area contributed by atoms with E-state index in [0.29, 0.717) is 5.92 Å². The molecule has 1 saturated heterocycles. The summed E-state index contributed by atoms with van der Waals surface area (Å²) in [6.07, 6.45) is 6.45. The number of rotatable bonds is 2. The van der Waals surface area contributed by atoms with Crippen molar-refractivity contribution in [3.05, 3.63) is 38.8 Å². The molecule has 0 bridgehead atoms. The predicted octanol–water partition coefficient (Wildman–Crippen LogP) is 2.90. The number of aryl methyl sites for hydroxylation is 3. The quantitative estimate of drug-likeness (QED) is 0.927. The molecule has 1 N–H and O–H groups in total. The van der Waals surface area contributed by atoms with Gasteiger partial charge in [0, 0.05) is 29.6 Å². The zero-order valence-electron chi connectivity index (χ0n) is 12.2. The van der Waals surface area contributed by atoms with Crippen molar-refractivity contribution in [3.63, 3.8) is 0 Å². The van der Waals surface area contributed by atoms with Gasteiger partial charge in [0.1, 0.15) is 0 Å². The zero-order chi connectivity index (χ0) is 14.4. The Balaban J connectivity index is 1.50. The van der Waals surface area contributed by atoms with Gasteiger partial charge in [-0.15, -0.1) is 11.3 Å². The van der Waals surface area contributed by atoms with E-state index >= 15 is 0 Å². The second-order valence-electron chi connectivity index (χ2n) is 6.12. The Hall–Kier alpha value is -1.62. The number of aromatic nitrogens is 2. The minimum Gasteiger partial charge on any atom is -0.337 e. The number of fused-ring (bicyclic) bond motifs is 1. The summed E-state index contributed by atoms with van der Waals surface area (Å²) in [7, 11) is 0. The number of nitrogens with one attached hydrogen (secondary N) is 1. The van der Waals surface area contributed by atoms with Crippen LogP contribution in [-0.2, 0) is 12.8 Å². The minimum atomic E-state index is 0.217. The fourth-order valence-electron chi connectivity index (χ4n) is 3.54. The lowest BCUT2D eigenvalue weighted by Gasteiger charge is -2.15. The summed E-state index contributed by atoms with van der Waals surface area (Å²) in [6, 6.07) is 2.13. The molecular formula is C16H19N3OS. The average molecular weight is 301 g/mol. The summed E-state index contributed by atoms with van der Waals surface area (Å²) >= 11 is 1.71. The second-order valence-corrected chi connectivity index (χ2v) is 7.25.